The first kappa shape index (κ1) is 12.7. The van der Waals surface area contributed by atoms with E-state index in [4.69, 9.17) is 16.0 Å². The summed E-state index contributed by atoms with van der Waals surface area (Å²) in [7, 11) is 0. The molecule has 0 fully saturated rings. The van der Waals surface area contributed by atoms with Crippen LogP contribution in [0.3, 0.4) is 0 Å². The van der Waals surface area contributed by atoms with Crippen molar-refractivity contribution in [2.75, 3.05) is 0 Å². The number of hydrogen-bond acceptors (Lipinski definition) is 3. The highest BCUT2D eigenvalue weighted by Gasteiger charge is 2.13. The van der Waals surface area contributed by atoms with Gasteiger partial charge in [0.15, 0.2) is 5.76 Å². The van der Waals surface area contributed by atoms with E-state index in [1.54, 1.807) is 18.2 Å². The number of benzene rings is 1. The number of nitrogens with zero attached hydrogens (tertiary/aromatic N) is 1. The highest BCUT2D eigenvalue weighted by atomic mass is 35.5. The van der Waals surface area contributed by atoms with Crippen molar-refractivity contribution in [1.29, 1.82) is 0 Å². The van der Waals surface area contributed by atoms with Gasteiger partial charge in [0.2, 0.25) is 5.78 Å². The van der Waals surface area contributed by atoms with E-state index >= 15 is 0 Å². The standard InChI is InChI=1S/C15H10ClNO3/c16-11-5-3-7-17(15(11)19)9-12(18)14-8-10-4-1-2-6-13(10)20-14/h1-8H,9H2. The molecule has 0 saturated carbocycles. The van der Waals surface area contributed by atoms with Gasteiger partial charge in [0.1, 0.15) is 10.6 Å². The zero-order valence-corrected chi connectivity index (χ0v) is 11.1. The van der Waals surface area contributed by atoms with Crippen LogP contribution in [0.2, 0.25) is 5.02 Å². The Hall–Kier alpha value is -2.33. The van der Waals surface area contributed by atoms with Gasteiger partial charge in [-0.3, -0.25) is 9.59 Å². The number of halogens is 1. The lowest BCUT2D eigenvalue weighted by Crippen LogP contribution is -2.23. The molecule has 0 radical (unpaired) electrons. The van der Waals surface area contributed by atoms with Crippen molar-refractivity contribution in [1.82, 2.24) is 4.57 Å². The molecule has 2 aromatic heterocycles. The topological polar surface area (TPSA) is 52.2 Å². The second-order valence-electron chi connectivity index (χ2n) is 4.36. The van der Waals surface area contributed by atoms with Crippen LogP contribution in [0.1, 0.15) is 10.6 Å². The molecule has 0 spiro atoms. The molecule has 100 valence electrons. The first-order valence-corrected chi connectivity index (χ1v) is 6.40. The Morgan fingerprint density at radius 2 is 2.00 bits per heavy atom. The number of pyridine rings is 1. The summed E-state index contributed by atoms with van der Waals surface area (Å²) in [5.74, 6) is -0.0383. The third-order valence-electron chi connectivity index (χ3n) is 2.99. The number of carbonyl (C=O) groups excluding carboxylic acids is 1. The van der Waals surface area contributed by atoms with Crippen LogP contribution >= 0.6 is 11.6 Å². The molecule has 1 aromatic carbocycles. The Morgan fingerprint density at radius 3 is 2.80 bits per heavy atom. The van der Waals surface area contributed by atoms with Gasteiger partial charge < -0.3 is 8.98 Å². The highest BCUT2D eigenvalue weighted by Crippen LogP contribution is 2.19. The Morgan fingerprint density at radius 1 is 1.20 bits per heavy atom. The fourth-order valence-electron chi connectivity index (χ4n) is 1.98. The maximum absolute atomic E-state index is 12.2. The molecule has 0 aliphatic heterocycles. The molecule has 5 heteroatoms. The van der Waals surface area contributed by atoms with Gasteiger partial charge in [-0.15, -0.1) is 0 Å². The predicted octanol–water partition coefficient (Wildman–Crippen LogP) is 3.13. The first-order chi connectivity index (χ1) is 9.65. The Kier molecular flexibility index (Phi) is 3.16. The molecule has 3 aromatic rings. The summed E-state index contributed by atoms with van der Waals surface area (Å²) in [6, 6.07) is 12.1. The van der Waals surface area contributed by atoms with Crippen LogP contribution < -0.4 is 5.56 Å². The summed E-state index contributed by atoms with van der Waals surface area (Å²) >= 11 is 5.74. The molecule has 0 bridgehead atoms. The molecular formula is C15H10ClNO3. The lowest BCUT2D eigenvalue weighted by Gasteiger charge is -2.03. The number of Topliss-reactive ketones (excluding diaryl/α,β-unsaturated/α-hetero) is 1. The number of fused-ring (bicyclic) bond motifs is 1. The third kappa shape index (κ3) is 2.26. The maximum Gasteiger partial charge on any atom is 0.269 e. The van der Waals surface area contributed by atoms with E-state index in [9.17, 15) is 9.59 Å². The number of ketones is 1. The number of furan rings is 1. The average Bonchev–Trinajstić information content (AvgIpc) is 2.88. The summed E-state index contributed by atoms with van der Waals surface area (Å²) < 4.78 is 6.74. The van der Waals surface area contributed by atoms with Crippen LogP contribution in [0.4, 0.5) is 0 Å². The third-order valence-corrected chi connectivity index (χ3v) is 3.28. The van der Waals surface area contributed by atoms with Crippen molar-refractivity contribution in [3.05, 3.63) is 69.8 Å². The number of para-hydroxylation sites is 1. The number of carbonyl (C=O) groups is 1. The van der Waals surface area contributed by atoms with Gasteiger partial charge >= 0.3 is 0 Å². The molecule has 0 unspecified atom stereocenters. The van der Waals surface area contributed by atoms with Crippen molar-refractivity contribution < 1.29 is 9.21 Å². The zero-order chi connectivity index (χ0) is 14.1. The SMILES string of the molecule is O=C(Cn1cccc(Cl)c1=O)c1cc2ccccc2o1. The summed E-state index contributed by atoms with van der Waals surface area (Å²) in [5, 5.41) is 0.944. The fraction of sp³-hybridized carbons (Fsp3) is 0.0667. The average molecular weight is 288 g/mol. The second-order valence-corrected chi connectivity index (χ2v) is 4.77. The normalized spacial score (nSPS) is 10.8. The van der Waals surface area contributed by atoms with Crippen LogP contribution in [0.15, 0.2) is 57.9 Å². The predicted molar refractivity (Wildman–Crippen MR) is 76.3 cm³/mol. The number of rotatable bonds is 3. The first-order valence-electron chi connectivity index (χ1n) is 6.02. The van der Waals surface area contributed by atoms with Crippen molar-refractivity contribution in [3.63, 3.8) is 0 Å². The molecule has 3 rings (SSSR count). The van der Waals surface area contributed by atoms with Gasteiger partial charge in [-0.25, -0.2) is 0 Å². The van der Waals surface area contributed by atoms with E-state index in [1.807, 2.05) is 18.2 Å². The minimum Gasteiger partial charge on any atom is -0.453 e. The Bertz CT molecular complexity index is 814. The fourth-order valence-corrected chi connectivity index (χ4v) is 2.17. The summed E-state index contributed by atoms with van der Waals surface area (Å²) in [6.45, 7) is -0.0980. The highest BCUT2D eigenvalue weighted by molar-refractivity contribution is 6.30. The molecule has 2 heterocycles. The van der Waals surface area contributed by atoms with Crippen LogP contribution in [-0.2, 0) is 6.54 Å². The smallest absolute Gasteiger partial charge is 0.269 e. The Balaban J connectivity index is 1.93. The van der Waals surface area contributed by atoms with Crippen LogP contribution in [0.25, 0.3) is 11.0 Å². The summed E-state index contributed by atoms with van der Waals surface area (Å²) in [5.41, 5.74) is 0.257. The van der Waals surface area contributed by atoms with Crippen molar-refractivity contribution >= 4 is 28.4 Å². The van der Waals surface area contributed by atoms with E-state index in [0.29, 0.717) is 5.58 Å². The molecule has 0 aliphatic rings. The molecule has 0 saturated heterocycles. The van der Waals surface area contributed by atoms with Gasteiger partial charge in [0.25, 0.3) is 5.56 Å². The van der Waals surface area contributed by atoms with Gasteiger partial charge in [-0.2, -0.15) is 0 Å². The van der Waals surface area contributed by atoms with Crippen LogP contribution in [0, 0.1) is 0 Å². The van der Waals surface area contributed by atoms with E-state index < -0.39 is 5.56 Å². The van der Waals surface area contributed by atoms with E-state index in [2.05, 4.69) is 0 Å². The molecule has 0 N–H and O–H groups in total. The van der Waals surface area contributed by atoms with Gasteiger partial charge in [0, 0.05) is 11.6 Å². The van der Waals surface area contributed by atoms with Crippen molar-refractivity contribution in [2.45, 2.75) is 6.54 Å². The minimum atomic E-state index is -0.390. The monoisotopic (exact) mass is 287 g/mol. The van der Waals surface area contributed by atoms with E-state index in [0.717, 1.165) is 5.39 Å². The van der Waals surface area contributed by atoms with Gasteiger partial charge in [-0.05, 0) is 24.3 Å². The van der Waals surface area contributed by atoms with Crippen LogP contribution in [-0.4, -0.2) is 10.4 Å². The molecule has 4 nitrogen and oxygen atoms in total. The minimum absolute atomic E-state index is 0.0879. The number of aromatic nitrogens is 1. The summed E-state index contributed by atoms with van der Waals surface area (Å²) in [4.78, 5) is 23.9. The zero-order valence-electron chi connectivity index (χ0n) is 10.4. The number of hydrogen-bond donors (Lipinski definition) is 0. The lowest BCUT2D eigenvalue weighted by molar-refractivity contribution is 0.0946. The molecule has 0 amide bonds. The summed E-state index contributed by atoms with van der Waals surface area (Å²) in [6.07, 6.45) is 1.52. The van der Waals surface area contributed by atoms with Crippen molar-refractivity contribution in [2.24, 2.45) is 0 Å². The molecule has 20 heavy (non-hydrogen) atoms. The molecule has 0 aliphatic carbocycles. The maximum atomic E-state index is 12.2. The molecule has 0 atom stereocenters. The van der Waals surface area contributed by atoms with Crippen LogP contribution in [0.5, 0.6) is 0 Å². The Labute approximate surface area is 119 Å². The van der Waals surface area contributed by atoms with E-state index in [-0.39, 0.29) is 23.1 Å². The quantitative estimate of drug-likeness (QED) is 0.695. The van der Waals surface area contributed by atoms with Gasteiger partial charge in [-0.1, -0.05) is 29.8 Å². The largest absolute Gasteiger partial charge is 0.453 e. The second kappa shape index (κ2) is 4.98. The molecular weight excluding hydrogens is 278 g/mol. The van der Waals surface area contributed by atoms with E-state index in [1.165, 1.54) is 16.8 Å². The lowest BCUT2D eigenvalue weighted by atomic mass is 10.2. The van der Waals surface area contributed by atoms with Crippen molar-refractivity contribution in [3.8, 4) is 0 Å². The van der Waals surface area contributed by atoms with Gasteiger partial charge in [0.05, 0.1) is 6.54 Å².